The highest BCUT2D eigenvalue weighted by Gasteiger charge is 2.26. The lowest BCUT2D eigenvalue weighted by Gasteiger charge is -2.22. The highest BCUT2D eigenvalue weighted by atomic mass is 32.1. The largest absolute Gasteiger partial charge is 0.479 e. The molecule has 0 saturated carbocycles. The Hall–Kier alpha value is -2.09. The molecule has 0 fully saturated rings. The molecule has 0 spiro atoms. The number of hydrogen-bond donors (Lipinski definition) is 2. The first-order valence-corrected chi connectivity index (χ1v) is 6.76. The lowest BCUT2D eigenvalue weighted by Crippen LogP contribution is -2.45. The summed E-state index contributed by atoms with van der Waals surface area (Å²) < 4.78 is 4.48. The van der Waals surface area contributed by atoms with Gasteiger partial charge in [0.15, 0.2) is 6.04 Å². The number of carboxylic acids is 1. The van der Waals surface area contributed by atoms with Crippen LogP contribution in [-0.4, -0.2) is 48.2 Å². The standard InChI is InChI=1S/C12H16N2O5S/c1-3-14(7-9(15)19-2)12(18)13-10(11(16)17)8-5-4-6-20-8/h4-6,10H,3,7H2,1-2H3,(H,13,18)(H,16,17). The minimum Gasteiger partial charge on any atom is -0.479 e. The number of rotatable bonds is 6. The van der Waals surface area contributed by atoms with Crippen molar-refractivity contribution < 1.29 is 24.2 Å². The molecule has 1 aromatic heterocycles. The Morgan fingerprint density at radius 3 is 2.65 bits per heavy atom. The van der Waals surface area contributed by atoms with Gasteiger partial charge in [-0.25, -0.2) is 9.59 Å². The van der Waals surface area contributed by atoms with Crippen molar-refractivity contribution in [2.45, 2.75) is 13.0 Å². The van der Waals surface area contributed by atoms with Crippen molar-refractivity contribution in [3.8, 4) is 0 Å². The number of hydrogen-bond acceptors (Lipinski definition) is 5. The minimum atomic E-state index is -1.16. The van der Waals surface area contributed by atoms with E-state index in [0.717, 1.165) is 0 Å². The highest BCUT2D eigenvalue weighted by Crippen LogP contribution is 2.19. The lowest BCUT2D eigenvalue weighted by molar-refractivity contribution is -0.141. The Morgan fingerprint density at radius 1 is 1.50 bits per heavy atom. The molecule has 0 saturated heterocycles. The molecule has 7 nitrogen and oxygen atoms in total. The number of methoxy groups -OCH3 is 1. The molecule has 1 aromatic rings. The van der Waals surface area contributed by atoms with Gasteiger partial charge in [0.1, 0.15) is 6.54 Å². The first-order valence-electron chi connectivity index (χ1n) is 5.88. The summed E-state index contributed by atoms with van der Waals surface area (Å²) in [6.07, 6.45) is 0. The monoisotopic (exact) mass is 300 g/mol. The van der Waals surface area contributed by atoms with E-state index in [1.54, 1.807) is 24.4 Å². The maximum absolute atomic E-state index is 12.0. The third-order valence-corrected chi connectivity index (χ3v) is 3.50. The van der Waals surface area contributed by atoms with Gasteiger partial charge in [0.2, 0.25) is 0 Å². The number of nitrogens with one attached hydrogen (secondary N) is 1. The molecule has 8 heteroatoms. The van der Waals surface area contributed by atoms with Gasteiger partial charge in [0.25, 0.3) is 0 Å². The molecule has 2 N–H and O–H groups in total. The normalized spacial score (nSPS) is 11.5. The number of nitrogens with zero attached hydrogens (tertiary/aromatic N) is 1. The quantitative estimate of drug-likeness (QED) is 0.766. The molecule has 0 aliphatic heterocycles. The van der Waals surface area contributed by atoms with E-state index in [1.807, 2.05) is 0 Å². The Kier molecular flexibility index (Phi) is 5.98. The van der Waals surface area contributed by atoms with Crippen molar-refractivity contribution in [3.05, 3.63) is 22.4 Å². The lowest BCUT2D eigenvalue weighted by atomic mass is 10.2. The third-order valence-electron chi connectivity index (χ3n) is 2.56. The van der Waals surface area contributed by atoms with E-state index in [4.69, 9.17) is 5.11 Å². The number of amides is 2. The molecule has 1 atom stereocenters. The van der Waals surface area contributed by atoms with E-state index in [-0.39, 0.29) is 13.1 Å². The van der Waals surface area contributed by atoms with Crippen LogP contribution in [0.15, 0.2) is 17.5 Å². The van der Waals surface area contributed by atoms with Crippen LogP contribution < -0.4 is 5.32 Å². The zero-order chi connectivity index (χ0) is 15.1. The highest BCUT2D eigenvalue weighted by molar-refractivity contribution is 7.10. The van der Waals surface area contributed by atoms with Gasteiger partial charge < -0.3 is 20.1 Å². The van der Waals surface area contributed by atoms with E-state index in [9.17, 15) is 14.4 Å². The number of aliphatic carboxylic acids is 1. The van der Waals surface area contributed by atoms with Gasteiger partial charge in [0.05, 0.1) is 7.11 Å². The fourth-order valence-electron chi connectivity index (χ4n) is 1.47. The van der Waals surface area contributed by atoms with Gasteiger partial charge in [-0.05, 0) is 18.4 Å². The number of carbonyl (C=O) groups excluding carboxylic acids is 2. The van der Waals surface area contributed by atoms with Gasteiger partial charge in [-0.2, -0.15) is 0 Å². The smallest absolute Gasteiger partial charge is 0.331 e. The summed E-state index contributed by atoms with van der Waals surface area (Å²) in [7, 11) is 1.22. The number of carbonyl (C=O) groups is 3. The van der Waals surface area contributed by atoms with Crippen LogP contribution in [0.1, 0.15) is 17.8 Å². The zero-order valence-electron chi connectivity index (χ0n) is 11.2. The molecule has 1 heterocycles. The number of carboxylic acid groups (broad SMARTS) is 1. The molecular weight excluding hydrogens is 284 g/mol. The second-order valence-corrected chi connectivity index (χ2v) is 4.81. The SMILES string of the molecule is CCN(CC(=O)OC)C(=O)NC(C(=O)O)c1cccs1. The molecule has 0 radical (unpaired) electrons. The molecule has 0 aliphatic carbocycles. The van der Waals surface area contributed by atoms with Gasteiger partial charge in [-0.3, -0.25) is 4.79 Å². The Labute approximate surface area is 120 Å². The van der Waals surface area contributed by atoms with E-state index in [2.05, 4.69) is 10.1 Å². The molecule has 1 rings (SSSR count). The summed E-state index contributed by atoms with van der Waals surface area (Å²) in [4.78, 5) is 36.1. The number of esters is 1. The molecule has 0 bridgehead atoms. The molecular formula is C12H16N2O5S. The zero-order valence-corrected chi connectivity index (χ0v) is 12.0. The van der Waals surface area contributed by atoms with E-state index >= 15 is 0 Å². The average Bonchev–Trinajstić information content (AvgIpc) is 2.94. The van der Waals surface area contributed by atoms with Gasteiger partial charge in [-0.15, -0.1) is 11.3 Å². The van der Waals surface area contributed by atoms with Crippen LogP contribution in [0.3, 0.4) is 0 Å². The molecule has 0 aliphatic rings. The van der Waals surface area contributed by atoms with Crippen molar-refractivity contribution in [2.24, 2.45) is 0 Å². The van der Waals surface area contributed by atoms with Crippen LogP contribution in [0.5, 0.6) is 0 Å². The molecule has 1 unspecified atom stereocenters. The molecule has 110 valence electrons. The van der Waals surface area contributed by atoms with Gasteiger partial charge in [-0.1, -0.05) is 6.07 Å². The fraction of sp³-hybridized carbons (Fsp3) is 0.417. The number of likely N-dealkylation sites (N-methyl/N-ethyl adjacent to an activating group) is 1. The Bertz CT molecular complexity index is 474. The van der Waals surface area contributed by atoms with Crippen molar-refractivity contribution in [2.75, 3.05) is 20.2 Å². The van der Waals surface area contributed by atoms with Crippen molar-refractivity contribution in [1.82, 2.24) is 10.2 Å². The first-order chi connectivity index (χ1) is 9.49. The summed E-state index contributed by atoms with van der Waals surface area (Å²) in [5.74, 6) is -1.72. The van der Waals surface area contributed by atoms with E-state index in [1.165, 1.54) is 23.3 Å². The Morgan fingerprint density at radius 2 is 2.20 bits per heavy atom. The van der Waals surface area contributed by atoms with Gasteiger partial charge in [0, 0.05) is 11.4 Å². The molecule has 20 heavy (non-hydrogen) atoms. The Balaban J connectivity index is 2.75. The predicted molar refractivity (Wildman–Crippen MR) is 72.5 cm³/mol. The topological polar surface area (TPSA) is 95.9 Å². The number of thiophene rings is 1. The maximum Gasteiger partial charge on any atom is 0.331 e. The summed E-state index contributed by atoms with van der Waals surface area (Å²) in [5, 5.41) is 13.3. The number of urea groups is 1. The van der Waals surface area contributed by atoms with Crippen LogP contribution in [0.4, 0.5) is 4.79 Å². The van der Waals surface area contributed by atoms with Crippen molar-refractivity contribution in [3.63, 3.8) is 0 Å². The second-order valence-electron chi connectivity index (χ2n) is 3.83. The maximum atomic E-state index is 12.0. The molecule has 2 amide bonds. The van der Waals surface area contributed by atoms with Crippen LogP contribution in [0.2, 0.25) is 0 Å². The summed E-state index contributed by atoms with van der Waals surface area (Å²) in [6.45, 7) is 1.72. The van der Waals surface area contributed by atoms with E-state index < -0.39 is 24.0 Å². The summed E-state index contributed by atoms with van der Waals surface area (Å²) in [5.41, 5.74) is 0. The summed E-state index contributed by atoms with van der Waals surface area (Å²) >= 11 is 1.23. The molecule has 0 aromatic carbocycles. The van der Waals surface area contributed by atoms with E-state index in [0.29, 0.717) is 4.88 Å². The van der Waals surface area contributed by atoms with Crippen LogP contribution in [0, 0.1) is 0 Å². The fourth-order valence-corrected chi connectivity index (χ4v) is 2.24. The van der Waals surface area contributed by atoms with Crippen LogP contribution in [0.25, 0.3) is 0 Å². The van der Waals surface area contributed by atoms with Crippen molar-refractivity contribution >= 4 is 29.3 Å². The van der Waals surface area contributed by atoms with Crippen LogP contribution >= 0.6 is 11.3 Å². The minimum absolute atomic E-state index is 0.227. The third kappa shape index (κ3) is 4.23. The van der Waals surface area contributed by atoms with Gasteiger partial charge >= 0.3 is 18.0 Å². The summed E-state index contributed by atoms with van der Waals surface area (Å²) in [6, 6.07) is 1.57. The first kappa shape index (κ1) is 16.0. The van der Waals surface area contributed by atoms with Crippen molar-refractivity contribution in [1.29, 1.82) is 0 Å². The second kappa shape index (κ2) is 7.49. The average molecular weight is 300 g/mol. The van der Waals surface area contributed by atoms with Crippen LogP contribution in [-0.2, 0) is 14.3 Å². The predicted octanol–water partition coefficient (Wildman–Crippen LogP) is 1.08. The number of ether oxygens (including phenoxy) is 1.